The van der Waals surface area contributed by atoms with E-state index in [0.717, 1.165) is 44.5 Å². The van der Waals surface area contributed by atoms with Gasteiger partial charge in [-0.05, 0) is 50.6 Å². The minimum absolute atomic E-state index is 0.177. The molecule has 2 aliphatic heterocycles. The number of rotatable bonds is 27. The molecule has 79 heavy (non-hydrogen) atoms. The standard InChI is InChI=1S/C69H70O10/c1-9-25-52(26-10-1)42-70-50-62-66(74-46-56-33-17-5-18-34-56)68(76-48-58-37-21-7-22-38-58)64(72-44-54-29-13-3-14-30-54)60(78-62)41-61-65(73-45-55-31-15-4-16-32-55)69(77-49-59-39-23-8-24-40-59)67(75-47-57-35-19-6-20-36-57)63(79-61)51-71-43-53-27-11-2-12-28-53/h1-41,60,62-69H,42-51H2/b61-41+/t60-,62+,63+,64-,65-,66+,67+,68+,69+/m0/s1. The zero-order valence-corrected chi connectivity index (χ0v) is 44.5. The first kappa shape index (κ1) is 55.3. The molecular formula is C69H70O10. The molecule has 9 atom stereocenters. The van der Waals surface area contributed by atoms with Crippen molar-refractivity contribution in [2.24, 2.45) is 0 Å². The normalized spacial score (nSPS) is 22.5. The maximum Gasteiger partial charge on any atom is 0.150 e. The first-order chi connectivity index (χ1) is 39.2. The zero-order valence-electron chi connectivity index (χ0n) is 44.5. The van der Waals surface area contributed by atoms with Gasteiger partial charge in [0.25, 0.3) is 0 Å². The van der Waals surface area contributed by atoms with E-state index >= 15 is 0 Å². The van der Waals surface area contributed by atoms with E-state index in [-0.39, 0.29) is 33.0 Å². The zero-order chi connectivity index (χ0) is 53.5. The maximum absolute atomic E-state index is 7.42. The second-order valence-electron chi connectivity index (χ2n) is 19.9. The molecule has 406 valence electrons. The highest BCUT2D eigenvalue weighted by Gasteiger charge is 2.51. The number of ether oxygens (including phenoxy) is 10. The van der Waals surface area contributed by atoms with E-state index < -0.39 is 54.9 Å². The average Bonchev–Trinajstić information content (AvgIpc) is 3.60. The Kier molecular flexibility index (Phi) is 20.8. The van der Waals surface area contributed by atoms with Crippen LogP contribution in [0.25, 0.3) is 0 Å². The second-order valence-corrected chi connectivity index (χ2v) is 19.9. The third-order valence-electron chi connectivity index (χ3n) is 14.0. The van der Waals surface area contributed by atoms with Crippen LogP contribution in [0.5, 0.6) is 0 Å². The van der Waals surface area contributed by atoms with E-state index in [9.17, 15) is 0 Å². The van der Waals surface area contributed by atoms with Crippen LogP contribution in [0.1, 0.15) is 44.5 Å². The lowest BCUT2D eigenvalue weighted by molar-refractivity contribution is -0.265. The van der Waals surface area contributed by atoms with Gasteiger partial charge in [0.1, 0.15) is 54.6 Å². The SMILES string of the molecule is C(=C1\O[C@H](COCc2ccccc2)[C@@H](OCc2ccccc2)[C@H](OCc2ccccc2)[C@H]1OCc1ccccc1)/[C@@H]1O[C@H](COCc2ccccc2)[C@@H](OCc2ccccc2)[C@H](OCc2ccccc2)[C@H]1OCc1ccccc1. The molecule has 8 aromatic carbocycles. The molecule has 0 bridgehead atoms. The van der Waals surface area contributed by atoms with E-state index in [0.29, 0.717) is 38.8 Å². The van der Waals surface area contributed by atoms with E-state index in [4.69, 9.17) is 47.4 Å². The summed E-state index contributed by atoms with van der Waals surface area (Å²) >= 11 is 0. The van der Waals surface area contributed by atoms with Crippen LogP contribution in [0.3, 0.4) is 0 Å². The summed E-state index contributed by atoms with van der Waals surface area (Å²) in [6.07, 6.45) is -4.35. The summed E-state index contributed by atoms with van der Waals surface area (Å²) in [5.74, 6) is 0.495. The van der Waals surface area contributed by atoms with Gasteiger partial charge in [-0.2, -0.15) is 0 Å². The minimum atomic E-state index is -0.808. The highest BCUT2D eigenvalue weighted by molar-refractivity contribution is 5.23. The molecule has 0 radical (unpaired) electrons. The van der Waals surface area contributed by atoms with Crippen LogP contribution in [0.2, 0.25) is 0 Å². The highest BCUT2D eigenvalue weighted by Crippen LogP contribution is 2.37. The molecular weight excluding hydrogens is 989 g/mol. The summed E-state index contributed by atoms with van der Waals surface area (Å²) in [4.78, 5) is 0. The van der Waals surface area contributed by atoms with Crippen molar-refractivity contribution in [2.75, 3.05) is 13.2 Å². The summed E-state index contributed by atoms with van der Waals surface area (Å²) in [6.45, 7) is 2.81. The fourth-order valence-corrected chi connectivity index (χ4v) is 9.96. The predicted molar refractivity (Wildman–Crippen MR) is 304 cm³/mol. The first-order valence-corrected chi connectivity index (χ1v) is 27.4. The van der Waals surface area contributed by atoms with Crippen molar-refractivity contribution < 1.29 is 47.4 Å². The van der Waals surface area contributed by atoms with Crippen molar-refractivity contribution in [2.45, 2.75) is 108 Å². The highest BCUT2D eigenvalue weighted by atomic mass is 16.6. The van der Waals surface area contributed by atoms with Crippen molar-refractivity contribution in [3.63, 3.8) is 0 Å². The second kappa shape index (κ2) is 29.8. The van der Waals surface area contributed by atoms with Gasteiger partial charge in [-0.3, -0.25) is 0 Å². The van der Waals surface area contributed by atoms with Crippen molar-refractivity contribution in [3.05, 3.63) is 299 Å². The Bertz CT molecular complexity index is 2960. The molecule has 0 saturated carbocycles. The van der Waals surface area contributed by atoms with Gasteiger partial charge >= 0.3 is 0 Å². The lowest BCUT2D eigenvalue weighted by Gasteiger charge is -2.47. The van der Waals surface area contributed by atoms with Crippen LogP contribution in [0.15, 0.2) is 254 Å². The fourth-order valence-electron chi connectivity index (χ4n) is 9.96. The molecule has 8 aromatic rings. The molecule has 10 nitrogen and oxygen atoms in total. The summed E-state index contributed by atoms with van der Waals surface area (Å²) in [7, 11) is 0. The smallest absolute Gasteiger partial charge is 0.150 e. The van der Waals surface area contributed by atoms with Crippen LogP contribution < -0.4 is 0 Å². The van der Waals surface area contributed by atoms with Crippen LogP contribution in [-0.4, -0.2) is 68.1 Å². The maximum atomic E-state index is 7.42. The van der Waals surface area contributed by atoms with Gasteiger partial charge in [0, 0.05) is 0 Å². The Morgan fingerprint density at radius 3 is 0.924 bits per heavy atom. The van der Waals surface area contributed by atoms with Crippen LogP contribution in [-0.2, 0) is 100 Å². The molecule has 10 heteroatoms. The van der Waals surface area contributed by atoms with Crippen molar-refractivity contribution in [1.29, 1.82) is 0 Å². The molecule has 2 fully saturated rings. The lowest BCUT2D eigenvalue weighted by Crippen LogP contribution is -2.61. The largest absolute Gasteiger partial charge is 0.487 e. The molecule has 2 saturated heterocycles. The lowest BCUT2D eigenvalue weighted by atomic mass is 9.91. The van der Waals surface area contributed by atoms with Crippen LogP contribution in [0, 0.1) is 0 Å². The Morgan fingerprint density at radius 2 is 0.557 bits per heavy atom. The fraction of sp³-hybridized carbons (Fsp3) is 0.275. The Labute approximate surface area is 465 Å². The molecule has 0 aromatic heterocycles. The molecule has 0 spiro atoms. The van der Waals surface area contributed by atoms with E-state index in [1.54, 1.807) is 0 Å². The predicted octanol–water partition coefficient (Wildman–Crippen LogP) is 13.0. The van der Waals surface area contributed by atoms with E-state index in [1.165, 1.54) is 0 Å². The first-order valence-electron chi connectivity index (χ1n) is 27.4. The van der Waals surface area contributed by atoms with Gasteiger partial charge in [-0.1, -0.05) is 243 Å². The molecule has 0 amide bonds. The summed E-state index contributed by atoms with van der Waals surface area (Å²) < 4.78 is 70.7. The van der Waals surface area contributed by atoms with Gasteiger partial charge in [-0.15, -0.1) is 0 Å². The van der Waals surface area contributed by atoms with Crippen LogP contribution in [0.4, 0.5) is 0 Å². The molecule has 0 N–H and O–H groups in total. The molecule has 10 rings (SSSR count). The quantitative estimate of drug-likeness (QED) is 0.0496. The van der Waals surface area contributed by atoms with Gasteiger partial charge in [-0.25, -0.2) is 0 Å². The third-order valence-corrected chi connectivity index (χ3v) is 14.0. The summed E-state index contributed by atoms with van der Waals surface area (Å²) in [6, 6.07) is 81.2. The molecule has 0 aliphatic carbocycles. The van der Waals surface area contributed by atoms with Crippen molar-refractivity contribution >= 4 is 0 Å². The molecule has 2 heterocycles. The van der Waals surface area contributed by atoms with Crippen molar-refractivity contribution in [1.82, 2.24) is 0 Å². The van der Waals surface area contributed by atoms with E-state index in [2.05, 4.69) is 97.1 Å². The van der Waals surface area contributed by atoms with Gasteiger partial charge in [0.05, 0.1) is 66.1 Å². The van der Waals surface area contributed by atoms with Gasteiger partial charge < -0.3 is 47.4 Å². The van der Waals surface area contributed by atoms with E-state index in [1.807, 2.05) is 152 Å². The average molecular weight is 1060 g/mol. The summed E-state index contributed by atoms with van der Waals surface area (Å²) in [5.41, 5.74) is 8.09. The number of hydrogen-bond donors (Lipinski definition) is 0. The topological polar surface area (TPSA) is 92.3 Å². The van der Waals surface area contributed by atoms with Crippen LogP contribution >= 0.6 is 0 Å². The minimum Gasteiger partial charge on any atom is -0.487 e. The number of benzene rings is 8. The van der Waals surface area contributed by atoms with Crippen molar-refractivity contribution in [3.8, 4) is 0 Å². The van der Waals surface area contributed by atoms with Gasteiger partial charge in [0.15, 0.2) is 6.10 Å². The number of hydrogen-bond acceptors (Lipinski definition) is 10. The Morgan fingerprint density at radius 1 is 0.278 bits per heavy atom. The monoisotopic (exact) mass is 1060 g/mol. The van der Waals surface area contributed by atoms with Gasteiger partial charge in [0.2, 0.25) is 0 Å². The summed E-state index contributed by atoms with van der Waals surface area (Å²) in [5, 5.41) is 0. The Hall–Kier alpha value is -7.06. The molecule has 2 aliphatic rings. The third kappa shape index (κ3) is 16.5. The Balaban J connectivity index is 1.08. The molecule has 0 unspecified atom stereocenters.